The quantitative estimate of drug-likeness (QED) is 0.873. The van der Waals surface area contributed by atoms with Gasteiger partial charge in [0.05, 0.1) is 6.54 Å². The third-order valence-electron chi connectivity index (χ3n) is 3.02. The lowest BCUT2D eigenvalue weighted by Crippen LogP contribution is -2.39. The average molecular weight is 289 g/mol. The van der Waals surface area contributed by atoms with Crippen LogP contribution in [0.25, 0.3) is 0 Å². The van der Waals surface area contributed by atoms with E-state index in [2.05, 4.69) is 10.6 Å². The maximum atomic E-state index is 13.2. The summed E-state index contributed by atoms with van der Waals surface area (Å²) in [5.41, 5.74) is 1.86. The van der Waals surface area contributed by atoms with Gasteiger partial charge in [-0.1, -0.05) is 12.1 Å². The molecule has 0 spiro atoms. The van der Waals surface area contributed by atoms with Crippen LogP contribution in [0.2, 0.25) is 0 Å². The fraction of sp³-hybridized carbons (Fsp3) is 0.312. The summed E-state index contributed by atoms with van der Waals surface area (Å²) in [4.78, 5) is 11.6. The SMILES string of the molecule is CC(C)NC(=O)NCc1cccn1Cc1cccc(F)c1. The van der Waals surface area contributed by atoms with Crippen molar-refractivity contribution in [3.05, 3.63) is 59.7 Å². The van der Waals surface area contributed by atoms with Crippen molar-refractivity contribution in [3.63, 3.8) is 0 Å². The van der Waals surface area contributed by atoms with E-state index in [0.29, 0.717) is 13.1 Å². The molecule has 0 aliphatic heterocycles. The second-order valence-corrected chi connectivity index (χ2v) is 5.24. The monoisotopic (exact) mass is 289 g/mol. The van der Waals surface area contributed by atoms with Gasteiger partial charge in [0.15, 0.2) is 0 Å². The number of nitrogens with one attached hydrogen (secondary N) is 2. The van der Waals surface area contributed by atoms with Crippen LogP contribution >= 0.6 is 0 Å². The summed E-state index contributed by atoms with van der Waals surface area (Å²) in [5, 5.41) is 5.58. The lowest BCUT2D eigenvalue weighted by molar-refractivity contribution is 0.238. The Hall–Kier alpha value is -2.30. The van der Waals surface area contributed by atoms with Crippen LogP contribution in [0, 0.1) is 5.82 Å². The van der Waals surface area contributed by atoms with Crippen LogP contribution < -0.4 is 10.6 Å². The summed E-state index contributed by atoms with van der Waals surface area (Å²) in [7, 11) is 0. The zero-order valence-corrected chi connectivity index (χ0v) is 12.3. The molecule has 1 aromatic heterocycles. The van der Waals surface area contributed by atoms with Gasteiger partial charge in [0, 0.05) is 24.5 Å². The van der Waals surface area contributed by atoms with E-state index >= 15 is 0 Å². The van der Waals surface area contributed by atoms with Gasteiger partial charge in [-0.3, -0.25) is 0 Å². The van der Waals surface area contributed by atoms with Crippen LogP contribution in [-0.4, -0.2) is 16.6 Å². The second kappa shape index (κ2) is 6.92. The highest BCUT2D eigenvalue weighted by Gasteiger charge is 2.06. The Morgan fingerprint density at radius 2 is 2.10 bits per heavy atom. The minimum Gasteiger partial charge on any atom is -0.345 e. The first-order valence-electron chi connectivity index (χ1n) is 6.97. The number of amides is 2. The number of benzene rings is 1. The third-order valence-corrected chi connectivity index (χ3v) is 3.02. The first-order chi connectivity index (χ1) is 10.0. The van der Waals surface area contributed by atoms with Gasteiger partial charge in [-0.2, -0.15) is 0 Å². The van der Waals surface area contributed by atoms with E-state index in [-0.39, 0.29) is 17.9 Å². The highest BCUT2D eigenvalue weighted by atomic mass is 19.1. The Bertz CT molecular complexity index is 607. The summed E-state index contributed by atoms with van der Waals surface area (Å²) >= 11 is 0. The zero-order valence-electron chi connectivity index (χ0n) is 12.3. The number of carbonyl (C=O) groups excluding carboxylic acids is 1. The minimum atomic E-state index is -0.240. The Balaban J connectivity index is 1.97. The number of aromatic nitrogens is 1. The van der Waals surface area contributed by atoms with Crippen LogP contribution in [-0.2, 0) is 13.1 Å². The predicted molar refractivity (Wildman–Crippen MR) is 80.4 cm³/mol. The summed E-state index contributed by atoms with van der Waals surface area (Å²) in [6.07, 6.45) is 1.92. The molecule has 0 saturated heterocycles. The predicted octanol–water partition coefficient (Wildman–Crippen LogP) is 2.88. The van der Waals surface area contributed by atoms with E-state index in [4.69, 9.17) is 0 Å². The smallest absolute Gasteiger partial charge is 0.315 e. The molecule has 0 fully saturated rings. The molecule has 0 unspecified atom stereocenters. The van der Waals surface area contributed by atoms with Gasteiger partial charge >= 0.3 is 6.03 Å². The molecule has 0 bridgehead atoms. The molecule has 21 heavy (non-hydrogen) atoms. The van der Waals surface area contributed by atoms with E-state index in [1.807, 2.05) is 42.8 Å². The number of urea groups is 1. The highest BCUT2D eigenvalue weighted by Crippen LogP contribution is 2.09. The van der Waals surface area contributed by atoms with Gasteiger partial charge in [0.2, 0.25) is 0 Å². The molecular weight excluding hydrogens is 269 g/mol. The first-order valence-corrected chi connectivity index (χ1v) is 6.97. The normalized spacial score (nSPS) is 10.7. The van der Waals surface area contributed by atoms with Crippen molar-refractivity contribution in [3.8, 4) is 0 Å². The molecule has 0 aliphatic carbocycles. The molecule has 2 aromatic rings. The van der Waals surface area contributed by atoms with Crippen LogP contribution in [0.1, 0.15) is 25.1 Å². The van der Waals surface area contributed by atoms with Gasteiger partial charge in [-0.05, 0) is 43.7 Å². The maximum Gasteiger partial charge on any atom is 0.315 e. The van der Waals surface area contributed by atoms with Crippen molar-refractivity contribution >= 4 is 6.03 Å². The molecule has 4 nitrogen and oxygen atoms in total. The van der Waals surface area contributed by atoms with Crippen LogP contribution in [0.3, 0.4) is 0 Å². The third kappa shape index (κ3) is 4.63. The van der Waals surface area contributed by atoms with Gasteiger partial charge in [-0.25, -0.2) is 9.18 Å². The molecular formula is C16H20FN3O. The standard InChI is InChI=1S/C16H20FN3O/c1-12(2)19-16(21)18-10-15-7-4-8-20(15)11-13-5-3-6-14(17)9-13/h3-9,12H,10-11H2,1-2H3,(H2,18,19,21). The van der Waals surface area contributed by atoms with Crippen LogP contribution in [0.4, 0.5) is 9.18 Å². The number of hydrogen-bond donors (Lipinski definition) is 2. The van der Waals surface area contributed by atoms with Crippen molar-refractivity contribution in [1.29, 1.82) is 0 Å². The Morgan fingerprint density at radius 3 is 2.81 bits per heavy atom. The summed E-state index contributed by atoms with van der Waals surface area (Å²) < 4.78 is 15.2. The Labute approximate surface area is 124 Å². The number of hydrogen-bond acceptors (Lipinski definition) is 1. The highest BCUT2D eigenvalue weighted by molar-refractivity contribution is 5.74. The van der Waals surface area contributed by atoms with Gasteiger partial charge in [-0.15, -0.1) is 0 Å². The van der Waals surface area contributed by atoms with E-state index in [9.17, 15) is 9.18 Å². The number of rotatable bonds is 5. The molecule has 2 rings (SSSR count). The second-order valence-electron chi connectivity index (χ2n) is 5.24. The maximum absolute atomic E-state index is 13.2. The van der Waals surface area contributed by atoms with Crippen molar-refractivity contribution < 1.29 is 9.18 Å². The minimum absolute atomic E-state index is 0.101. The van der Waals surface area contributed by atoms with E-state index in [1.54, 1.807) is 6.07 Å². The molecule has 112 valence electrons. The van der Waals surface area contributed by atoms with Gasteiger partial charge in [0.1, 0.15) is 5.82 Å². The fourth-order valence-corrected chi connectivity index (χ4v) is 2.08. The fourth-order valence-electron chi connectivity index (χ4n) is 2.08. The number of halogens is 1. The topological polar surface area (TPSA) is 46.1 Å². The molecule has 0 saturated carbocycles. The molecule has 0 atom stereocenters. The van der Waals surface area contributed by atoms with Crippen molar-refractivity contribution in [2.75, 3.05) is 0 Å². The molecule has 1 heterocycles. The largest absolute Gasteiger partial charge is 0.345 e. The van der Waals surface area contributed by atoms with E-state index in [0.717, 1.165) is 11.3 Å². The van der Waals surface area contributed by atoms with Gasteiger partial charge in [0.25, 0.3) is 0 Å². The lowest BCUT2D eigenvalue weighted by Gasteiger charge is -2.12. The Morgan fingerprint density at radius 1 is 1.29 bits per heavy atom. The van der Waals surface area contributed by atoms with E-state index < -0.39 is 0 Å². The average Bonchev–Trinajstić information content (AvgIpc) is 2.83. The van der Waals surface area contributed by atoms with E-state index in [1.165, 1.54) is 12.1 Å². The Kier molecular flexibility index (Phi) is 4.98. The number of carbonyl (C=O) groups is 1. The van der Waals surface area contributed by atoms with Crippen molar-refractivity contribution in [1.82, 2.24) is 15.2 Å². The van der Waals surface area contributed by atoms with Crippen molar-refractivity contribution in [2.45, 2.75) is 33.0 Å². The summed E-state index contributed by atoms with van der Waals surface area (Å²) in [6, 6.07) is 10.3. The zero-order chi connectivity index (χ0) is 15.2. The van der Waals surface area contributed by atoms with Crippen molar-refractivity contribution in [2.24, 2.45) is 0 Å². The molecule has 1 aromatic carbocycles. The summed E-state index contributed by atoms with van der Waals surface area (Å²) in [6.45, 7) is 4.83. The molecule has 2 amide bonds. The van der Waals surface area contributed by atoms with Gasteiger partial charge < -0.3 is 15.2 Å². The van der Waals surface area contributed by atoms with Crippen LogP contribution in [0.5, 0.6) is 0 Å². The molecule has 5 heteroatoms. The molecule has 0 radical (unpaired) electrons. The number of nitrogens with zero attached hydrogens (tertiary/aromatic N) is 1. The summed E-state index contributed by atoms with van der Waals surface area (Å²) in [5.74, 6) is -0.240. The van der Waals surface area contributed by atoms with Crippen LogP contribution in [0.15, 0.2) is 42.6 Å². The lowest BCUT2D eigenvalue weighted by atomic mass is 10.2. The first kappa shape index (κ1) is 15.1. The molecule has 2 N–H and O–H groups in total. The molecule has 0 aliphatic rings.